The van der Waals surface area contributed by atoms with Gasteiger partial charge < -0.3 is 4.84 Å². The molecule has 0 aliphatic heterocycles. The maximum atomic E-state index is 5.03. The molecule has 1 rings (SSSR count). The van der Waals surface area contributed by atoms with Crippen molar-refractivity contribution in [1.29, 1.82) is 0 Å². The molecule has 0 fully saturated rings. The molecule has 0 aromatic heterocycles. The molecule has 0 bridgehead atoms. The summed E-state index contributed by atoms with van der Waals surface area (Å²) in [6.07, 6.45) is 0. The van der Waals surface area contributed by atoms with Crippen LogP contribution >= 0.6 is 12.2 Å². The van der Waals surface area contributed by atoms with Crippen molar-refractivity contribution in [2.75, 3.05) is 7.05 Å². The van der Waals surface area contributed by atoms with Crippen LogP contribution in [0.5, 0.6) is 0 Å². The lowest BCUT2D eigenvalue weighted by Crippen LogP contribution is -2.26. The minimum absolute atomic E-state index is 0.434. The second-order valence-electron chi connectivity index (χ2n) is 3.13. The second-order valence-corrected chi connectivity index (χ2v) is 3.71. The summed E-state index contributed by atoms with van der Waals surface area (Å²) in [6.45, 7) is 11.7. The van der Waals surface area contributed by atoms with Crippen LogP contribution in [0, 0.1) is 6.92 Å². The van der Waals surface area contributed by atoms with Gasteiger partial charge in [-0.25, -0.2) is 5.48 Å². The monoisotopic (exact) mass is 282 g/mol. The number of hydroxylamine groups is 1. The number of thiocarbonyl (C=S) groups is 1. The summed E-state index contributed by atoms with van der Waals surface area (Å²) in [5, 5.41) is 0.434. The van der Waals surface area contributed by atoms with Gasteiger partial charge in [0.25, 0.3) is 0 Å². The molecule has 0 radical (unpaired) electrons. The maximum Gasteiger partial charge on any atom is 0.191 e. The number of aryl methyl sites for hydroxylation is 1. The Labute approximate surface area is 123 Å². The first kappa shape index (κ1) is 19.9. The van der Waals surface area contributed by atoms with E-state index in [1.54, 1.807) is 14.0 Å². The predicted octanol–water partition coefficient (Wildman–Crippen LogP) is 4.29. The Hall–Kier alpha value is -1.42. The van der Waals surface area contributed by atoms with Crippen LogP contribution in [0.1, 0.15) is 45.7 Å². The van der Waals surface area contributed by atoms with E-state index in [4.69, 9.17) is 17.1 Å². The molecule has 0 heterocycles. The molecule has 0 spiro atoms. The molecule has 0 atom stereocenters. The van der Waals surface area contributed by atoms with Crippen molar-refractivity contribution in [2.24, 2.45) is 4.99 Å². The summed E-state index contributed by atoms with van der Waals surface area (Å²) in [5.41, 5.74) is 4.89. The normalized spacial score (nSPS) is 9.32. The van der Waals surface area contributed by atoms with Crippen molar-refractivity contribution in [2.45, 2.75) is 41.5 Å². The fourth-order valence-electron chi connectivity index (χ4n) is 1.07. The van der Waals surface area contributed by atoms with E-state index in [1.165, 1.54) is 5.56 Å². The van der Waals surface area contributed by atoms with E-state index in [-0.39, 0.29) is 0 Å². The van der Waals surface area contributed by atoms with Crippen molar-refractivity contribution in [3.05, 3.63) is 35.4 Å². The van der Waals surface area contributed by atoms with Crippen LogP contribution in [0.25, 0.3) is 0 Å². The fourth-order valence-corrected chi connectivity index (χ4v) is 1.11. The third-order valence-electron chi connectivity index (χ3n) is 1.84. The van der Waals surface area contributed by atoms with Gasteiger partial charge in [0.1, 0.15) is 0 Å². The van der Waals surface area contributed by atoms with Crippen molar-refractivity contribution < 1.29 is 4.84 Å². The Balaban J connectivity index is 0. The van der Waals surface area contributed by atoms with Gasteiger partial charge in [-0.05, 0) is 19.1 Å². The minimum Gasteiger partial charge on any atom is -0.374 e. The molecule has 0 aliphatic rings. The molecule has 1 aromatic carbocycles. The van der Waals surface area contributed by atoms with E-state index in [1.807, 2.05) is 58.9 Å². The highest BCUT2D eigenvalue weighted by Gasteiger charge is 2.02. The van der Waals surface area contributed by atoms with E-state index in [2.05, 4.69) is 10.5 Å². The van der Waals surface area contributed by atoms with Gasteiger partial charge in [-0.1, -0.05) is 57.5 Å². The van der Waals surface area contributed by atoms with Crippen molar-refractivity contribution >= 4 is 23.1 Å². The van der Waals surface area contributed by atoms with Gasteiger partial charge in [-0.3, -0.25) is 4.99 Å². The molecule has 0 unspecified atom stereocenters. The number of benzene rings is 1. The maximum absolute atomic E-state index is 5.03. The van der Waals surface area contributed by atoms with Crippen LogP contribution in [0.3, 0.4) is 0 Å². The molecular weight excluding hydrogens is 256 g/mol. The standard InChI is InChI=1S/C11H14N2OS.2C2H6/c1-8-4-6-10(7-5-8)11(12-3)13-14-9(2)15;2*1-2/h4-7H,1-3H3,(H,12,13);2*1-2H3. The molecule has 1 aromatic rings. The Kier molecular flexibility index (Phi) is 13.6. The highest BCUT2D eigenvalue weighted by Crippen LogP contribution is 2.03. The molecule has 1 N–H and O–H groups in total. The van der Waals surface area contributed by atoms with Gasteiger partial charge in [-0.15, -0.1) is 0 Å². The highest BCUT2D eigenvalue weighted by molar-refractivity contribution is 7.80. The quantitative estimate of drug-likeness (QED) is 0.361. The summed E-state index contributed by atoms with van der Waals surface area (Å²) in [5.74, 6) is 0.666. The third-order valence-corrected chi connectivity index (χ3v) is 1.92. The van der Waals surface area contributed by atoms with E-state index in [0.29, 0.717) is 10.9 Å². The van der Waals surface area contributed by atoms with Crippen LogP contribution < -0.4 is 5.48 Å². The SMILES string of the molecule is CC.CC.CN=C(NOC(C)=S)c1ccc(C)cc1. The van der Waals surface area contributed by atoms with Gasteiger partial charge in [0.2, 0.25) is 0 Å². The molecule has 0 amide bonds. The number of aliphatic imine (C=N–C) groups is 1. The number of hydrogen-bond donors (Lipinski definition) is 1. The Morgan fingerprint density at radius 3 is 1.95 bits per heavy atom. The number of amidine groups is 1. The molecule has 3 nitrogen and oxygen atoms in total. The highest BCUT2D eigenvalue weighted by atomic mass is 32.1. The average molecular weight is 282 g/mol. The lowest BCUT2D eigenvalue weighted by atomic mass is 10.1. The van der Waals surface area contributed by atoms with E-state index in [9.17, 15) is 0 Å². The molecule has 19 heavy (non-hydrogen) atoms. The molecule has 4 heteroatoms. The lowest BCUT2D eigenvalue weighted by molar-refractivity contribution is 0.253. The Morgan fingerprint density at radius 1 is 1.11 bits per heavy atom. The molecular formula is C15H26N2OS. The van der Waals surface area contributed by atoms with Gasteiger partial charge >= 0.3 is 0 Å². The first-order chi connectivity index (χ1) is 9.13. The van der Waals surface area contributed by atoms with Crippen LogP contribution in [-0.2, 0) is 4.84 Å². The van der Waals surface area contributed by atoms with Gasteiger partial charge in [-0.2, -0.15) is 0 Å². The summed E-state index contributed by atoms with van der Waals surface area (Å²) in [6, 6.07) is 8.00. The number of hydrogen-bond acceptors (Lipinski definition) is 3. The van der Waals surface area contributed by atoms with Crippen LogP contribution in [0.15, 0.2) is 29.3 Å². The summed E-state index contributed by atoms with van der Waals surface area (Å²) < 4.78 is 0. The van der Waals surface area contributed by atoms with E-state index < -0.39 is 0 Å². The zero-order valence-corrected chi connectivity index (χ0v) is 13.9. The third kappa shape index (κ3) is 9.19. The van der Waals surface area contributed by atoms with Gasteiger partial charge in [0.15, 0.2) is 10.9 Å². The van der Waals surface area contributed by atoms with Crippen molar-refractivity contribution in [3.63, 3.8) is 0 Å². The summed E-state index contributed by atoms with van der Waals surface area (Å²) in [4.78, 5) is 9.11. The zero-order valence-electron chi connectivity index (χ0n) is 13.1. The molecule has 0 aliphatic carbocycles. The topological polar surface area (TPSA) is 33.6 Å². The van der Waals surface area contributed by atoms with Crippen LogP contribution in [-0.4, -0.2) is 17.9 Å². The number of nitrogens with one attached hydrogen (secondary N) is 1. The lowest BCUT2D eigenvalue weighted by Gasteiger charge is -2.09. The first-order valence-electron chi connectivity index (χ1n) is 6.60. The molecule has 108 valence electrons. The predicted molar refractivity (Wildman–Crippen MR) is 88.8 cm³/mol. The van der Waals surface area contributed by atoms with Crippen molar-refractivity contribution in [3.8, 4) is 0 Å². The Morgan fingerprint density at radius 2 is 1.58 bits per heavy atom. The van der Waals surface area contributed by atoms with Gasteiger partial charge in [0.05, 0.1) is 0 Å². The minimum atomic E-state index is 0.434. The van der Waals surface area contributed by atoms with E-state index in [0.717, 1.165) is 5.56 Å². The Bertz CT molecular complexity index is 372. The number of nitrogens with zero attached hydrogens (tertiary/aromatic N) is 1. The fraction of sp³-hybridized carbons (Fsp3) is 0.467. The summed E-state index contributed by atoms with van der Waals surface area (Å²) in [7, 11) is 1.70. The second kappa shape index (κ2) is 13.0. The van der Waals surface area contributed by atoms with E-state index >= 15 is 0 Å². The zero-order chi connectivity index (χ0) is 15.3. The van der Waals surface area contributed by atoms with Crippen LogP contribution in [0.2, 0.25) is 0 Å². The molecule has 0 saturated carbocycles. The average Bonchev–Trinajstić information content (AvgIpc) is 2.45. The first-order valence-corrected chi connectivity index (χ1v) is 7.01. The van der Waals surface area contributed by atoms with Crippen LogP contribution in [0.4, 0.5) is 0 Å². The van der Waals surface area contributed by atoms with Gasteiger partial charge in [0, 0.05) is 19.5 Å². The van der Waals surface area contributed by atoms with Crippen molar-refractivity contribution in [1.82, 2.24) is 5.48 Å². The number of rotatable bonds is 1. The summed E-state index contributed by atoms with van der Waals surface area (Å²) >= 11 is 4.79. The smallest absolute Gasteiger partial charge is 0.191 e. The largest absolute Gasteiger partial charge is 0.374 e. The molecule has 0 saturated heterocycles.